The van der Waals surface area contributed by atoms with Crippen molar-refractivity contribution in [3.8, 4) is 0 Å². The molecule has 0 aromatic carbocycles. The van der Waals surface area contributed by atoms with Gasteiger partial charge in [-0.05, 0) is 6.42 Å². The smallest absolute Gasteiger partial charge is 0.0701 e. The van der Waals surface area contributed by atoms with Gasteiger partial charge in [0.05, 0.1) is 46.2 Å². The van der Waals surface area contributed by atoms with Crippen molar-refractivity contribution in [1.82, 2.24) is 0 Å². The zero-order valence-electron chi connectivity index (χ0n) is 12.9. The zero-order valence-corrected chi connectivity index (χ0v) is 15.1. The lowest BCUT2D eigenvalue weighted by Crippen LogP contribution is -2.12. The van der Waals surface area contributed by atoms with Crippen LogP contribution in [0, 0.1) is 0 Å². The molecule has 0 unspecified atom stereocenters. The molecule has 5 heteroatoms. The van der Waals surface area contributed by atoms with Crippen molar-refractivity contribution in [2.45, 2.75) is 39.0 Å². The lowest BCUT2D eigenvalue weighted by Gasteiger charge is -2.07. The van der Waals surface area contributed by atoms with Crippen LogP contribution in [0.4, 0.5) is 0 Å². The van der Waals surface area contributed by atoms with Crippen LogP contribution in [-0.2, 0) is 18.9 Å². The topological polar surface area (TPSA) is 36.9 Å². The summed E-state index contributed by atoms with van der Waals surface area (Å²) in [5, 5.41) is 0. The highest BCUT2D eigenvalue weighted by Crippen LogP contribution is 2.02. The minimum Gasteiger partial charge on any atom is -0.379 e. The maximum absolute atomic E-state index is 5.50. The van der Waals surface area contributed by atoms with Gasteiger partial charge >= 0.3 is 0 Å². The lowest BCUT2D eigenvalue weighted by molar-refractivity contribution is -0.000456. The first-order chi connectivity index (χ1) is 9.91. The summed E-state index contributed by atoms with van der Waals surface area (Å²) in [5.74, 6) is 0. The summed E-state index contributed by atoms with van der Waals surface area (Å²) in [6.07, 6.45) is 6.41. The summed E-state index contributed by atoms with van der Waals surface area (Å²) >= 11 is 2.29. The molecule has 20 heavy (non-hydrogen) atoms. The number of unbranched alkanes of at least 4 members (excludes halogenated alkanes) is 4. The first-order valence-electron chi connectivity index (χ1n) is 7.78. The molecule has 0 heterocycles. The minimum atomic E-state index is 0.630. The second-order valence-electron chi connectivity index (χ2n) is 4.55. The Kier molecular flexibility index (Phi) is 20.1. The molecule has 0 radical (unpaired) electrons. The molecule has 0 N–H and O–H groups in total. The minimum absolute atomic E-state index is 0.630. The van der Waals surface area contributed by atoms with Gasteiger partial charge in [0.2, 0.25) is 0 Å². The Labute approximate surface area is 138 Å². The van der Waals surface area contributed by atoms with Gasteiger partial charge < -0.3 is 18.9 Å². The first-order valence-corrected chi connectivity index (χ1v) is 9.31. The van der Waals surface area contributed by atoms with E-state index in [1.54, 1.807) is 0 Å². The van der Waals surface area contributed by atoms with Crippen molar-refractivity contribution >= 4 is 22.6 Å². The molecule has 0 aromatic rings. The molecule has 4 nitrogen and oxygen atoms in total. The van der Waals surface area contributed by atoms with Gasteiger partial charge in [-0.25, -0.2) is 0 Å². The molecule has 0 aliphatic rings. The van der Waals surface area contributed by atoms with Gasteiger partial charge in [0.15, 0.2) is 0 Å². The number of alkyl halides is 1. The summed E-state index contributed by atoms with van der Waals surface area (Å²) < 4.78 is 22.6. The van der Waals surface area contributed by atoms with Gasteiger partial charge in [0.1, 0.15) is 0 Å². The van der Waals surface area contributed by atoms with Crippen molar-refractivity contribution in [3.05, 3.63) is 0 Å². The van der Waals surface area contributed by atoms with Gasteiger partial charge in [0, 0.05) is 11.0 Å². The molecule has 0 atom stereocenters. The molecule has 122 valence electrons. The van der Waals surface area contributed by atoms with Crippen LogP contribution in [0.1, 0.15) is 39.0 Å². The van der Waals surface area contributed by atoms with Gasteiger partial charge in [-0.3, -0.25) is 0 Å². The second kappa shape index (κ2) is 19.6. The van der Waals surface area contributed by atoms with E-state index in [4.69, 9.17) is 18.9 Å². The molecule has 0 fully saturated rings. The van der Waals surface area contributed by atoms with Crippen LogP contribution in [0.15, 0.2) is 0 Å². The van der Waals surface area contributed by atoms with Crippen LogP contribution in [0.3, 0.4) is 0 Å². The number of hydrogen-bond donors (Lipinski definition) is 0. The second-order valence-corrected chi connectivity index (χ2v) is 5.63. The maximum atomic E-state index is 5.50. The fourth-order valence-corrected chi connectivity index (χ4v) is 1.94. The van der Waals surface area contributed by atoms with Crippen LogP contribution in [0.5, 0.6) is 0 Å². The number of hydrogen-bond acceptors (Lipinski definition) is 4. The molecular formula is C15H31IO4. The number of ether oxygens (including phenoxy) is 4. The Morgan fingerprint density at radius 2 is 1.00 bits per heavy atom. The molecule has 0 aliphatic carbocycles. The fraction of sp³-hybridized carbons (Fsp3) is 1.00. The average Bonchev–Trinajstić information content (AvgIpc) is 2.47. The summed E-state index contributed by atoms with van der Waals surface area (Å²) in [6.45, 7) is 7.81. The third-order valence-electron chi connectivity index (χ3n) is 2.73. The highest BCUT2D eigenvalue weighted by molar-refractivity contribution is 14.1. The SMILES string of the molecule is CCCCCCCOCCOCCOCCOCCI. The van der Waals surface area contributed by atoms with Crippen LogP contribution in [-0.4, -0.2) is 57.3 Å². The van der Waals surface area contributed by atoms with Gasteiger partial charge in [-0.1, -0.05) is 55.2 Å². The molecule has 0 spiro atoms. The lowest BCUT2D eigenvalue weighted by atomic mass is 10.2. The quantitative estimate of drug-likeness (QED) is 0.212. The van der Waals surface area contributed by atoms with Crippen molar-refractivity contribution < 1.29 is 18.9 Å². The average molecular weight is 402 g/mol. The predicted octanol–water partition coefficient (Wildman–Crippen LogP) is 3.46. The Morgan fingerprint density at radius 1 is 0.550 bits per heavy atom. The first kappa shape index (κ1) is 20.6. The Morgan fingerprint density at radius 3 is 1.50 bits per heavy atom. The molecular weight excluding hydrogens is 371 g/mol. The number of rotatable bonds is 17. The van der Waals surface area contributed by atoms with Crippen LogP contribution >= 0.6 is 22.6 Å². The largest absolute Gasteiger partial charge is 0.379 e. The molecule has 0 saturated carbocycles. The maximum Gasteiger partial charge on any atom is 0.0701 e. The molecule has 0 rings (SSSR count). The summed E-state index contributed by atoms with van der Waals surface area (Å²) in [6, 6.07) is 0. The van der Waals surface area contributed by atoms with Gasteiger partial charge in [-0.2, -0.15) is 0 Å². The Hall–Kier alpha value is 0.570. The van der Waals surface area contributed by atoms with E-state index in [9.17, 15) is 0 Å². The van der Waals surface area contributed by atoms with E-state index in [1.807, 2.05) is 0 Å². The molecule has 0 aliphatic heterocycles. The van der Waals surface area contributed by atoms with Gasteiger partial charge in [-0.15, -0.1) is 0 Å². The Balaban J connectivity index is 2.89. The Bertz CT molecular complexity index is 152. The summed E-state index contributed by atoms with van der Waals surface area (Å²) in [7, 11) is 0. The van der Waals surface area contributed by atoms with E-state index in [0.29, 0.717) is 39.6 Å². The third-order valence-corrected chi connectivity index (χ3v) is 3.17. The van der Waals surface area contributed by atoms with Crippen molar-refractivity contribution in [1.29, 1.82) is 0 Å². The van der Waals surface area contributed by atoms with Crippen LogP contribution < -0.4 is 0 Å². The third kappa shape index (κ3) is 18.6. The van der Waals surface area contributed by atoms with Crippen molar-refractivity contribution in [3.63, 3.8) is 0 Å². The standard InChI is InChI=1S/C15H31IO4/c1-2-3-4-5-6-8-17-10-12-19-14-15-20-13-11-18-9-7-16/h2-15H2,1H3. The molecule has 0 bridgehead atoms. The van der Waals surface area contributed by atoms with E-state index in [0.717, 1.165) is 17.6 Å². The summed E-state index contributed by atoms with van der Waals surface area (Å²) in [4.78, 5) is 0. The van der Waals surface area contributed by atoms with Crippen LogP contribution in [0.2, 0.25) is 0 Å². The summed E-state index contributed by atoms with van der Waals surface area (Å²) in [5.41, 5.74) is 0. The van der Waals surface area contributed by atoms with Gasteiger partial charge in [0.25, 0.3) is 0 Å². The normalized spacial score (nSPS) is 11.1. The van der Waals surface area contributed by atoms with E-state index in [-0.39, 0.29) is 0 Å². The zero-order chi connectivity index (χ0) is 14.7. The predicted molar refractivity (Wildman–Crippen MR) is 90.9 cm³/mol. The van der Waals surface area contributed by atoms with Crippen LogP contribution in [0.25, 0.3) is 0 Å². The number of halogens is 1. The highest BCUT2D eigenvalue weighted by atomic mass is 127. The van der Waals surface area contributed by atoms with E-state index in [2.05, 4.69) is 29.5 Å². The van der Waals surface area contributed by atoms with E-state index >= 15 is 0 Å². The van der Waals surface area contributed by atoms with Crippen molar-refractivity contribution in [2.75, 3.05) is 57.3 Å². The van der Waals surface area contributed by atoms with E-state index < -0.39 is 0 Å². The fourth-order valence-electron chi connectivity index (χ4n) is 1.62. The highest BCUT2D eigenvalue weighted by Gasteiger charge is 1.93. The monoisotopic (exact) mass is 402 g/mol. The van der Waals surface area contributed by atoms with E-state index in [1.165, 1.54) is 32.1 Å². The molecule has 0 amide bonds. The van der Waals surface area contributed by atoms with Crippen molar-refractivity contribution in [2.24, 2.45) is 0 Å². The molecule has 0 saturated heterocycles. The molecule has 0 aromatic heterocycles.